The van der Waals surface area contributed by atoms with Crippen LogP contribution in [0, 0.1) is 0 Å². The van der Waals surface area contributed by atoms with Crippen molar-refractivity contribution in [2.24, 2.45) is 0 Å². The highest BCUT2D eigenvalue weighted by atomic mass is 32.2. The van der Waals surface area contributed by atoms with Gasteiger partial charge in [-0.15, -0.1) is 11.8 Å². The zero-order valence-electron chi connectivity index (χ0n) is 20.5. The van der Waals surface area contributed by atoms with Crippen molar-refractivity contribution in [2.45, 2.75) is 23.9 Å². The van der Waals surface area contributed by atoms with Gasteiger partial charge in [0.1, 0.15) is 6.10 Å². The highest BCUT2D eigenvalue weighted by Crippen LogP contribution is 2.33. The molecule has 2 aliphatic rings. The number of aromatic nitrogens is 1. The van der Waals surface area contributed by atoms with Crippen LogP contribution in [0.2, 0.25) is 0 Å². The predicted molar refractivity (Wildman–Crippen MR) is 145 cm³/mol. The first kappa shape index (κ1) is 25.0. The lowest BCUT2D eigenvalue weighted by Crippen LogP contribution is -2.46. The maximum Gasteiger partial charge on any atom is 0.240 e. The second-order valence-corrected chi connectivity index (χ2v) is 10.4. The molecule has 0 radical (unpaired) electrons. The van der Waals surface area contributed by atoms with E-state index in [0.29, 0.717) is 6.61 Å². The molecule has 6 nitrogen and oxygen atoms in total. The van der Waals surface area contributed by atoms with Crippen LogP contribution in [0.15, 0.2) is 85.2 Å². The molecule has 0 saturated carbocycles. The summed E-state index contributed by atoms with van der Waals surface area (Å²) in [6, 6.07) is 24.7. The molecular weight excluding hydrogens is 468 g/mol. The van der Waals surface area contributed by atoms with Crippen molar-refractivity contribution in [3.63, 3.8) is 0 Å². The van der Waals surface area contributed by atoms with Crippen LogP contribution in [0.1, 0.15) is 34.6 Å². The summed E-state index contributed by atoms with van der Waals surface area (Å²) < 4.78 is 6.43. The molecule has 3 aromatic rings. The van der Waals surface area contributed by atoms with Crippen LogP contribution >= 0.6 is 11.8 Å². The van der Waals surface area contributed by atoms with E-state index in [1.54, 1.807) is 18.0 Å². The quantitative estimate of drug-likeness (QED) is 0.500. The fourth-order valence-electron chi connectivity index (χ4n) is 4.91. The number of hydrogen-bond donors (Lipinski definition) is 1. The van der Waals surface area contributed by atoms with Gasteiger partial charge < -0.3 is 9.64 Å². The van der Waals surface area contributed by atoms with Gasteiger partial charge in [-0.1, -0.05) is 66.7 Å². The minimum Gasteiger partial charge on any atom is -0.367 e. The van der Waals surface area contributed by atoms with E-state index in [1.165, 1.54) is 11.1 Å². The number of carbonyl (C=O) groups excluding carboxylic acids is 1. The van der Waals surface area contributed by atoms with E-state index in [2.05, 4.69) is 69.8 Å². The van der Waals surface area contributed by atoms with Crippen molar-refractivity contribution in [2.75, 3.05) is 45.1 Å². The standard InChI is InChI=1S/C29H34N4O2S/c34-29(26-22-36-28(31-26)25-13-7-14-30-21-25)33-16-8-15-32(17-18-33)19-20-35-27(23-9-3-1-4-10-23)24-11-5-2-6-12-24/h1-7,9-14,21,26-28,31H,8,15-20,22H2. The Morgan fingerprint density at radius 1 is 0.972 bits per heavy atom. The Balaban J connectivity index is 1.11. The van der Waals surface area contributed by atoms with Gasteiger partial charge in [0.25, 0.3) is 0 Å². The summed E-state index contributed by atoms with van der Waals surface area (Å²) in [5, 5.41) is 3.65. The zero-order valence-corrected chi connectivity index (χ0v) is 21.4. The molecule has 2 unspecified atom stereocenters. The van der Waals surface area contributed by atoms with Gasteiger partial charge in [-0.2, -0.15) is 0 Å². The minimum absolute atomic E-state index is 0.0730. The normalized spacial score (nSPS) is 21.0. The Bertz CT molecular complexity index is 1050. The van der Waals surface area contributed by atoms with Crippen molar-refractivity contribution in [3.05, 3.63) is 102 Å². The third-order valence-corrected chi connectivity index (χ3v) is 8.13. The maximum absolute atomic E-state index is 13.2. The molecule has 2 atom stereocenters. The van der Waals surface area contributed by atoms with Crippen molar-refractivity contribution < 1.29 is 9.53 Å². The molecule has 3 heterocycles. The Labute approximate surface area is 218 Å². The molecule has 2 aromatic carbocycles. The number of ether oxygens (including phenoxy) is 1. The molecule has 0 spiro atoms. The van der Waals surface area contributed by atoms with Crippen LogP contribution in [-0.2, 0) is 9.53 Å². The lowest BCUT2D eigenvalue weighted by Gasteiger charge is -2.25. The van der Waals surface area contributed by atoms with Crippen LogP contribution in [0.5, 0.6) is 0 Å². The van der Waals surface area contributed by atoms with Gasteiger partial charge in [-0.05, 0) is 35.7 Å². The summed E-state index contributed by atoms with van der Waals surface area (Å²) in [4.78, 5) is 21.9. The van der Waals surface area contributed by atoms with Crippen molar-refractivity contribution in [3.8, 4) is 0 Å². The molecule has 2 saturated heterocycles. The van der Waals surface area contributed by atoms with Gasteiger partial charge in [0.05, 0.1) is 18.0 Å². The Morgan fingerprint density at radius 2 is 1.72 bits per heavy atom. The van der Waals surface area contributed by atoms with Crippen molar-refractivity contribution >= 4 is 17.7 Å². The van der Waals surface area contributed by atoms with E-state index in [0.717, 1.165) is 50.5 Å². The monoisotopic (exact) mass is 502 g/mol. The van der Waals surface area contributed by atoms with Crippen molar-refractivity contribution in [1.29, 1.82) is 0 Å². The molecule has 36 heavy (non-hydrogen) atoms. The van der Waals surface area contributed by atoms with Crippen LogP contribution in [0.3, 0.4) is 0 Å². The van der Waals surface area contributed by atoms with E-state index in [1.807, 2.05) is 29.3 Å². The number of amides is 1. The van der Waals surface area contributed by atoms with Gasteiger partial charge in [0.2, 0.25) is 5.91 Å². The van der Waals surface area contributed by atoms with Gasteiger partial charge in [-0.3, -0.25) is 20.0 Å². The second-order valence-electron chi connectivity index (χ2n) is 9.31. The molecule has 188 valence electrons. The number of carbonyl (C=O) groups is 1. The highest BCUT2D eigenvalue weighted by Gasteiger charge is 2.33. The average molecular weight is 503 g/mol. The van der Waals surface area contributed by atoms with Crippen LogP contribution in [-0.4, -0.2) is 71.8 Å². The number of benzene rings is 2. The first-order chi connectivity index (χ1) is 17.8. The highest BCUT2D eigenvalue weighted by molar-refractivity contribution is 7.99. The van der Waals surface area contributed by atoms with Crippen LogP contribution < -0.4 is 5.32 Å². The van der Waals surface area contributed by atoms with E-state index in [9.17, 15) is 4.79 Å². The average Bonchev–Trinajstić information content (AvgIpc) is 3.32. The number of nitrogens with one attached hydrogen (secondary N) is 1. The molecule has 2 fully saturated rings. The summed E-state index contributed by atoms with van der Waals surface area (Å²) in [5.41, 5.74) is 3.47. The summed E-state index contributed by atoms with van der Waals surface area (Å²) in [5.74, 6) is 1.02. The maximum atomic E-state index is 13.2. The Kier molecular flexibility index (Phi) is 8.67. The van der Waals surface area contributed by atoms with E-state index >= 15 is 0 Å². The summed E-state index contributed by atoms with van der Waals surface area (Å²) >= 11 is 1.79. The summed E-state index contributed by atoms with van der Waals surface area (Å²) in [7, 11) is 0. The fraction of sp³-hybridized carbons (Fsp3) is 0.379. The van der Waals surface area contributed by atoms with Crippen LogP contribution in [0.25, 0.3) is 0 Å². The van der Waals surface area contributed by atoms with Gasteiger partial charge in [0.15, 0.2) is 0 Å². The summed E-state index contributed by atoms with van der Waals surface area (Å²) in [6.07, 6.45) is 4.57. The topological polar surface area (TPSA) is 57.7 Å². The molecular formula is C29H34N4O2S. The number of nitrogens with zero attached hydrogens (tertiary/aromatic N) is 3. The molecule has 0 bridgehead atoms. The van der Waals surface area contributed by atoms with Gasteiger partial charge in [-0.25, -0.2) is 0 Å². The van der Waals surface area contributed by atoms with Gasteiger partial charge >= 0.3 is 0 Å². The van der Waals surface area contributed by atoms with Gasteiger partial charge in [0, 0.05) is 44.3 Å². The molecule has 1 aromatic heterocycles. The predicted octanol–water partition coefficient (Wildman–Crippen LogP) is 4.13. The van der Waals surface area contributed by atoms with E-state index in [4.69, 9.17) is 4.74 Å². The molecule has 2 aliphatic heterocycles. The zero-order chi connectivity index (χ0) is 24.6. The molecule has 5 rings (SSSR count). The number of thioether (sulfide) groups is 1. The largest absolute Gasteiger partial charge is 0.367 e. The first-order valence-corrected chi connectivity index (χ1v) is 13.8. The second kappa shape index (κ2) is 12.5. The smallest absolute Gasteiger partial charge is 0.240 e. The lowest BCUT2D eigenvalue weighted by molar-refractivity contribution is -0.132. The minimum atomic E-state index is -0.132. The molecule has 0 aliphatic carbocycles. The molecule has 7 heteroatoms. The van der Waals surface area contributed by atoms with Crippen LogP contribution in [0.4, 0.5) is 0 Å². The Hall–Kier alpha value is -2.71. The Morgan fingerprint density at radius 3 is 2.42 bits per heavy atom. The first-order valence-electron chi connectivity index (χ1n) is 12.8. The summed E-state index contributed by atoms with van der Waals surface area (Å²) in [6.45, 7) is 4.95. The van der Waals surface area contributed by atoms with Crippen molar-refractivity contribution in [1.82, 2.24) is 20.1 Å². The van der Waals surface area contributed by atoms with E-state index in [-0.39, 0.29) is 23.4 Å². The van der Waals surface area contributed by atoms with E-state index < -0.39 is 0 Å². The number of hydrogen-bond acceptors (Lipinski definition) is 6. The molecule has 1 amide bonds. The third kappa shape index (κ3) is 6.34. The molecule has 1 N–H and O–H groups in total. The number of pyridine rings is 1. The third-order valence-electron chi connectivity index (χ3n) is 6.86. The fourth-order valence-corrected chi connectivity index (χ4v) is 6.13. The number of rotatable bonds is 8. The lowest BCUT2D eigenvalue weighted by atomic mass is 10.0. The SMILES string of the molecule is O=C(C1CSC(c2cccnc2)N1)N1CCCN(CCOC(c2ccccc2)c2ccccc2)CC1.